The van der Waals surface area contributed by atoms with E-state index in [1.54, 1.807) is 30.3 Å². The predicted octanol–water partition coefficient (Wildman–Crippen LogP) is 4.79. The van der Waals surface area contributed by atoms with Crippen LogP contribution in [0.15, 0.2) is 88.4 Å². The highest BCUT2D eigenvalue weighted by molar-refractivity contribution is 5.81. The summed E-state index contributed by atoms with van der Waals surface area (Å²) in [5.74, 6) is 2.92. The van der Waals surface area contributed by atoms with Crippen LogP contribution in [0.3, 0.4) is 0 Å². The number of hydrogen-bond donors (Lipinski definition) is 1. The molecule has 0 bridgehead atoms. The molecule has 0 spiro atoms. The number of ether oxygens (including phenoxy) is 1. The maximum absolute atomic E-state index is 5.60. The Hall–Kier alpha value is -4.00. The minimum absolute atomic E-state index is 0.299. The topological polar surface area (TPSA) is 77.7 Å². The van der Waals surface area contributed by atoms with Gasteiger partial charge in [0.2, 0.25) is 0 Å². The monoisotopic (exact) mass is 386 g/mol. The van der Waals surface area contributed by atoms with E-state index in [9.17, 15) is 0 Å². The number of fused-ring (bicyclic) bond motifs is 1. The Balaban J connectivity index is 1.56. The second-order valence-electron chi connectivity index (χ2n) is 6.45. The molecule has 0 amide bonds. The van der Waals surface area contributed by atoms with Gasteiger partial charge < -0.3 is 18.9 Å². The molecule has 4 heterocycles. The fourth-order valence-electron chi connectivity index (χ4n) is 3.35. The number of benzene rings is 1. The van der Waals surface area contributed by atoms with E-state index in [1.165, 1.54) is 0 Å². The smallest absolute Gasteiger partial charge is 0.165 e. The van der Waals surface area contributed by atoms with E-state index in [2.05, 4.69) is 10.4 Å². The van der Waals surface area contributed by atoms with Crippen molar-refractivity contribution in [2.75, 3.05) is 12.4 Å². The van der Waals surface area contributed by atoms with Gasteiger partial charge in [-0.25, -0.2) is 9.50 Å². The number of furan rings is 2. The number of nitrogens with zero attached hydrogens (tertiary/aromatic N) is 3. The van der Waals surface area contributed by atoms with Gasteiger partial charge in [-0.2, -0.15) is 5.10 Å². The summed E-state index contributed by atoms with van der Waals surface area (Å²) < 4.78 is 18.4. The average molecular weight is 386 g/mol. The van der Waals surface area contributed by atoms with Crippen LogP contribution in [-0.2, 0) is 0 Å². The average Bonchev–Trinajstić information content (AvgIpc) is 3.54. The maximum atomic E-state index is 5.60. The molecule has 1 N–H and O–H groups in total. The quantitative estimate of drug-likeness (QED) is 0.452. The van der Waals surface area contributed by atoms with Gasteiger partial charge in [0.25, 0.3) is 0 Å². The van der Waals surface area contributed by atoms with Crippen molar-refractivity contribution in [3.05, 3.63) is 91.0 Å². The van der Waals surface area contributed by atoms with Crippen LogP contribution in [0.1, 0.15) is 17.6 Å². The fourth-order valence-corrected chi connectivity index (χ4v) is 3.35. The lowest BCUT2D eigenvalue weighted by Gasteiger charge is -2.15. The molecular formula is C22H18N4O3. The molecule has 0 aliphatic heterocycles. The molecule has 0 unspecified atom stereocenters. The zero-order chi connectivity index (χ0) is 19.6. The van der Waals surface area contributed by atoms with Crippen LogP contribution in [0.4, 0.5) is 5.82 Å². The third-order valence-electron chi connectivity index (χ3n) is 4.71. The van der Waals surface area contributed by atoms with E-state index < -0.39 is 0 Å². The first kappa shape index (κ1) is 17.1. The molecular weight excluding hydrogens is 368 g/mol. The lowest BCUT2D eigenvalue weighted by Crippen LogP contribution is -2.12. The minimum atomic E-state index is -0.299. The molecule has 7 heteroatoms. The molecule has 5 rings (SSSR count). The molecule has 4 aromatic heterocycles. The van der Waals surface area contributed by atoms with E-state index in [1.807, 2.05) is 60.8 Å². The van der Waals surface area contributed by atoms with E-state index in [4.69, 9.17) is 18.6 Å². The molecule has 1 aromatic carbocycles. The van der Waals surface area contributed by atoms with Crippen LogP contribution in [-0.4, -0.2) is 21.7 Å². The van der Waals surface area contributed by atoms with Gasteiger partial charge in [-0.15, -0.1) is 0 Å². The molecule has 144 valence electrons. The molecule has 0 radical (unpaired) electrons. The van der Waals surface area contributed by atoms with Crippen LogP contribution in [0.5, 0.6) is 5.75 Å². The lowest BCUT2D eigenvalue weighted by atomic mass is 10.1. The van der Waals surface area contributed by atoms with Gasteiger partial charge in [-0.3, -0.25) is 0 Å². The van der Waals surface area contributed by atoms with Crippen LogP contribution in [0, 0.1) is 0 Å². The number of rotatable bonds is 6. The van der Waals surface area contributed by atoms with Crippen molar-refractivity contribution in [1.29, 1.82) is 0 Å². The Morgan fingerprint density at radius 3 is 2.38 bits per heavy atom. The van der Waals surface area contributed by atoms with Crippen molar-refractivity contribution >= 4 is 11.5 Å². The normalized spacial score (nSPS) is 11.2. The van der Waals surface area contributed by atoms with Crippen molar-refractivity contribution in [3.63, 3.8) is 0 Å². The molecule has 0 aliphatic rings. The van der Waals surface area contributed by atoms with Crippen LogP contribution in [0.25, 0.3) is 16.8 Å². The molecule has 0 aliphatic carbocycles. The van der Waals surface area contributed by atoms with Crippen molar-refractivity contribution in [3.8, 4) is 16.9 Å². The largest absolute Gasteiger partial charge is 0.496 e. The molecule has 7 nitrogen and oxygen atoms in total. The maximum Gasteiger partial charge on any atom is 0.165 e. The second kappa shape index (κ2) is 7.20. The highest BCUT2D eigenvalue weighted by Crippen LogP contribution is 2.33. The molecule has 0 fully saturated rings. The SMILES string of the molecule is COc1ccccc1-c1cnn2ccc(NC(c3ccco3)c3ccco3)nc12. The molecule has 29 heavy (non-hydrogen) atoms. The summed E-state index contributed by atoms with van der Waals surface area (Å²) in [5, 5.41) is 7.83. The Morgan fingerprint density at radius 1 is 0.931 bits per heavy atom. The van der Waals surface area contributed by atoms with E-state index in [-0.39, 0.29) is 6.04 Å². The summed E-state index contributed by atoms with van der Waals surface area (Å²) in [7, 11) is 1.66. The summed E-state index contributed by atoms with van der Waals surface area (Å²) >= 11 is 0. The summed E-state index contributed by atoms with van der Waals surface area (Å²) in [6.07, 6.45) is 6.94. The first-order valence-electron chi connectivity index (χ1n) is 9.14. The van der Waals surface area contributed by atoms with E-state index in [0.717, 1.165) is 34.0 Å². The van der Waals surface area contributed by atoms with Gasteiger partial charge in [-0.05, 0) is 36.4 Å². The van der Waals surface area contributed by atoms with Gasteiger partial charge in [0.1, 0.15) is 29.1 Å². The van der Waals surface area contributed by atoms with Gasteiger partial charge in [0, 0.05) is 11.8 Å². The molecule has 0 saturated carbocycles. The van der Waals surface area contributed by atoms with Gasteiger partial charge in [0.15, 0.2) is 5.65 Å². The third-order valence-corrected chi connectivity index (χ3v) is 4.71. The number of methoxy groups -OCH3 is 1. The Bertz CT molecular complexity index is 1190. The summed E-state index contributed by atoms with van der Waals surface area (Å²) in [6.45, 7) is 0. The molecule has 0 saturated heterocycles. The van der Waals surface area contributed by atoms with E-state index >= 15 is 0 Å². The molecule has 5 aromatic rings. The van der Waals surface area contributed by atoms with Crippen molar-refractivity contribution in [1.82, 2.24) is 14.6 Å². The van der Waals surface area contributed by atoms with Gasteiger partial charge in [-0.1, -0.05) is 18.2 Å². The second-order valence-corrected chi connectivity index (χ2v) is 6.45. The highest BCUT2D eigenvalue weighted by atomic mass is 16.5. The van der Waals surface area contributed by atoms with Crippen LogP contribution >= 0.6 is 0 Å². The first-order valence-corrected chi connectivity index (χ1v) is 9.14. The summed E-state index contributed by atoms with van der Waals surface area (Å²) in [5.41, 5.74) is 2.54. The fraction of sp³-hybridized carbons (Fsp3) is 0.0909. The first-order chi connectivity index (χ1) is 14.3. The number of aromatic nitrogens is 3. The summed E-state index contributed by atoms with van der Waals surface area (Å²) in [4.78, 5) is 4.80. The van der Waals surface area contributed by atoms with E-state index in [0.29, 0.717) is 5.82 Å². The third kappa shape index (κ3) is 3.12. The van der Waals surface area contributed by atoms with Crippen molar-refractivity contribution in [2.45, 2.75) is 6.04 Å². The standard InChI is InChI=1S/C22H18N4O3/c1-27-17-7-3-2-6-15(17)16-14-23-26-11-10-20(25-22(16)26)24-21(18-8-4-12-28-18)19-9-5-13-29-19/h2-14,21H,1H3,(H,24,25). The highest BCUT2D eigenvalue weighted by Gasteiger charge is 2.21. The van der Waals surface area contributed by atoms with Crippen molar-refractivity contribution < 1.29 is 13.6 Å². The predicted molar refractivity (Wildman–Crippen MR) is 108 cm³/mol. The molecule has 0 atom stereocenters. The Labute approximate surface area is 166 Å². The van der Waals surface area contributed by atoms with Crippen LogP contribution in [0.2, 0.25) is 0 Å². The van der Waals surface area contributed by atoms with Gasteiger partial charge in [0.05, 0.1) is 31.4 Å². The zero-order valence-electron chi connectivity index (χ0n) is 15.6. The van der Waals surface area contributed by atoms with Crippen molar-refractivity contribution in [2.24, 2.45) is 0 Å². The number of hydrogen-bond acceptors (Lipinski definition) is 6. The zero-order valence-corrected chi connectivity index (χ0v) is 15.6. The number of nitrogens with one attached hydrogen (secondary N) is 1. The number of anilines is 1. The Morgan fingerprint density at radius 2 is 1.69 bits per heavy atom. The van der Waals surface area contributed by atoms with Crippen LogP contribution < -0.4 is 10.1 Å². The minimum Gasteiger partial charge on any atom is -0.496 e. The van der Waals surface area contributed by atoms with Gasteiger partial charge >= 0.3 is 0 Å². The Kier molecular flexibility index (Phi) is 4.25. The number of para-hydroxylation sites is 1. The lowest BCUT2D eigenvalue weighted by molar-refractivity contribution is 0.416. The summed E-state index contributed by atoms with van der Waals surface area (Å²) in [6, 6.07) is 16.9.